The van der Waals surface area contributed by atoms with Crippen LogP contribution in [0.2, 0.25) is 0 Å². The van der Waals surface area contributed by atoms with Crippen molar-refractivity contribution in [2.24, 2.45) is 5.10 Å². The number of fused-ring (bicyclic) bond motifs is 1. The third-order valence-corrected chi connectivity index (χ3v) is 5.18. The highest BCUT2D eigenvalue weighted by molar-refractivity contribution is 5.95. The van der Waals surface area contributed by atoms with Crippen molar-refractivity contribution in [2.75, 3.05) is 6.79 Å². The molecule has 3 aromatic rings. The van der Waals surface area contributed by atoms with Crippen LogP contribution in [0.3, 0.4) is 0 Å². The third kappa shape index (κ3) is 5.09. The Bertz CT molecular complexity index is 1140. The molecule has 0 saturated carbocycles. The van der Waals surface area contributed by atoms with Crippen molar-refractivity contribution >= 4 is 12.1 Å². The zero-order chi connectivity index (χ0) is 22.5. The smallest absolute Gasteiger partial charge is 0.271 e. The SMILES string of the molecule is Cc1ccc(C(C)C)c(OCc2ccc(C(=O)N/N=C\c3ccc4c(c3)OCO4)cc2)c1. The van der Waals surface area contributed by atoms with Gasteiger partial charge in [0, 0.05) is 5.56 Å². The van der Waals surface area contributed by atoms with Crippen molar-refractivity contribution < 1.29 is 19.0 Å². The molecular formula is C26H26N2O4. The van der Waals surface area contributed by atoms with Gasteiger partial charge in [-0.15, -0.1) is 0 Å². The average Bonchev–Trinajstić information content (AvgIpc) is 3.26. The number of amides is 1. The summed E-state index contributed by atoms with van der Waals surface area (Å²) in [5.41, 5.74) is 7.21. The molecule has 0 bridgehead atoms. The number of nitrogens with zero attached hydrogens (tertiary/aromatic N) is 1. The molecular weight excluding hydrogens is 404 g/mol. The van der Waals surface area contributed by atoms with Gasteiger partial charge in [0.05, 0.1) is 6.21 Å². The molecule has 0 fully saturated rings. The Morgan fingerprint density at radius 2 is 1.84 bits per heavy atom. The summed E-state index contributed by atoms with van der Waals surface area (Å²) in [4.78, 5) is 12.4. The van der Waals surface area contributed by atoms with E-state index in [1.807, 2.05) is 30.3 Å². The standard InChI is InChI=1S/C26H26N2O4/c1-17(2)22-10-4-18(3)12-24(22)30-15-19-5-8-21(9-6-19)26(29)28-27-14-20-7-11-23-25(13-20)32-16-31-23/h4-14,17H,15-16H2,1-3H3,(H,28,29)/b27-14-. The molecule has 4 rings (SSSR count). The van der Waals surface area contributed by atoms with Gasteiger partial charge in [-0.25, -0.2) is 5.43 Å². The van der Waals surface area contributed by atoms with Crippen molar-refractivity contribution in [3.8, 4) is 17.2 Å². The first-order valence-electron chi connectivity index (χ1n) is 10.5. The molecule has 1 aliphatic heterocycles. The largest absolute Gasteiger partial charge is 0.489 e. The third-order valence-electron chi connectivity index (χ3n) is 5.18. The molecule has 0 spiro atoms. The van der Waals surface area contributed by atoms with Crippen molar-refractivity contribution in [1.29, 1.82) is 0 Å². The van der Waals surface area contributed by atoms with Gasteiger partial charge in [-0.05, 0) is 71.5 Å². The van der Waals surface area contributed by atoms with Crippen molar-refractivity contribution in [3.05, 3.63) is 88.5 Å². The fraction of sp³-hybridized carbons (Fsp3) is 0.231. The fourth-order valence-electron chi connectivity index (χ4n) is 3.38. The topological polar surface area (TPSA) is 69.2 Å². The van der Waals surface area contributed by atoms with E-state index in [0.29, 0.717) is 29.6 Å². The van der Waals surface area contributed by atoms with E-state index in [0.717, 1.165) is 22.4 Å². The number of hydrogen-bond donors (Lipinski definition) is 1. The van der Waals surface area contributed by atoms with E-state index in [2.05, 4.69) is 49.5 Å². The van der Waals surface area contributed by atoms with Crippen LogP contribution in [0.1, 0.15) is 52.4 Å². The van der Waals surface area contributed by atoms with Gasteiger partial charge < -0.3 is 14.2 Å². The number of aryl methyl sites for hydroxylation is 1. The molecule has 3 aromatic carbocycles. The van der Waals surface area contributed by atoms with Gasteiger partial charge in [0.15, 0.2) is 11.5 Å². The van der Waals surface area contributed by atoms with Crippen LogP contribution in [0.5, 0.6) is 17.2 Å². The molecule has 0 aromatic heterocycles. The van der Waals surface area contributed by atoms with Crippen molar-refractivity contribution in [3.63, 3.8) is 0 Å². The van der Waals surface area contributed by atoms with Crippen LogP contribution in [0, 0.1) is 6.92 Å². The number of nitrogens with one attached hydrogen (secondary N) is 1. The van der Waals surface area contributed by atoms with Crippen LogP contribution in [-0.4, -0.2) is 18.9 Å². The molecule has 32 heavy (non-hydrogen) atoms. The minimum absolute atomic E-state index is 0.220. The van der Waals surface area contributed by atoms with Crippen LogP contribution in [0.25, 0.3) is 0 Å². The van der Waals surface area contributed by atoms with Gasteiger partial charge in [-0.1, -0.05) is 38.1 Å². The molecule has 1 N–H and O–H groups in total. The second-order valence-corrected chi connectivity index (χ2v) is 7.99. The molecule has 1 amide bonds. The van der Waals surface area contributed by atoms with Crippen LogP contribution >= 0.6 is 0 Å². The van der Waals surface area contributed by atoms with E-state index < -0.39 is 0 Å². The Kier molecular flexibility index (Phi) is 6.40. The molecule has 0 unspecified atom stereocenters. The van der Waals surface area contributed by atoms with E-state index in [1.165, 1.54) is 5.56 Å². The predicted molar refractivity (Wildman–Crippen MR) is 124 cm³/mol. The zero-order valence-corrected chi connectivity index (χ0v) is 18.4. The molecule has 6 heteroatoms. The van der Waals surface area contributed by atoms with Crippen LogP contribution in [0.15, 0.2) is 65.8 Å². The summed E-state index contributed by atoms with van der Waals surface area (Å²) >= 11 is 0. The summed E-state index contributed by atoms with van der Waals surface area (Å²) in [5, 5.41) is 4.03. The summed E-state index contributed by atoms with van der Waals surface area (Å²) in [5.74, 6) is 2.38. The predicted octanol–water partition coefficient (Wildman–Crippen LogP) is 5.19. The molecule has 6 nitrogen and oxygen atoms in total. The first-order chi connectivity index (χ1) is 15.5. The lowest BCUT2D eigenvalue weighted by molar-refractivity contribution is 0.0955. The fourth-order valence-corrected chi connectivity index (χ4v) is 3.38. The first-order valence-corrected chi connectivity index (χ1v) is 10.5. The first kappa shape index (κ1) is 21.4. The number of carbonyl (C=O) groups is 1. The summed E-state index contributed by atoms with van der Waals surface area (Å²) in [7, 11) is 0. The molecule has 0 saturated heterocycles. The molecule has 0 aliphatic carbocycles. The molecule has 1 aliphatic rings. The van der Waals surface area contributed by atoms with E-state index in [-0.39, 0.29) is 12.7 Å². The van der Waals surface area contributed by atoms with E-state index in [1.54, 1.807) is 18.3 Å². The molecule has 0 atom stereocenters. The number of hydrogen-bond acceptors (Lipinski definition) is 5. The molecule has 164 valence electrons. The van der Waals surface area contributed by atoms with Crippen LogP contribution < -0.4 is 19.6 Å². The second kappa shape index (κ2) is 9.56. The monoisotopic (exact) mass is 430 g/mol. The zero-order valence-electron chi connectivity index (χ0n) is 18.4. The number of hydrazone groups is 1. The highest BCUT2D eigenvalue weighted by Crippen LogP contribution is 2.32. The summed E-state index contributed by atoms with van der Waals surface area (Å²) < 4.78 is 16.7. The summed E-state index contributed by atoms with van der Waals surface area (Å²) in [6.45, 7) is 7.02. The van der Waals surface area contributed by atoms with Crippen molar-refractivity contribution in [2.45, 2.75) is 33.3 Å². The van der Waals surface area contributed by atoms with E-state index in [9.17, 15) is 4.79 Å². The quantitative estimate of drug-likeness (QED) is 0.414. The average molecular weight is 431 g/mol. The van der Waals surface area contributed by atoms with Gasteiger partial charge in [-0.2, -0.15) is 5.10 Å². The molecule has 0 radical (unpaired) electrons. The van der Waals surface area contributed by atoms with Crippen LogP contribution in [-0.2, 0) is 6.61 Å². The Balaban J connectivity index is 1.33. The van der Waals surface area contributed by atoms with Crippen molar-refractivity contribution in [1.82, 2.24) is 5.43 Å². The van der Waals surface area contributed by atoms with Crippen LogP contribution in [0.4, 0.5) is 0 Å². The Hall–Kier alpha value is -3.80. The lowest BCUT2D eigenvalue weighted by atomic mass is 10.0. The number of benzene rings is 3. The summed E-state index contributed by atoms with van der Waals surface area (Å²) in [6, 6.07) is 19.1. The second-order valence-electron chi connectivity index (χ2n) is 7.99. The lowest BCUT2D eigenvalue weighted by Crippen LogP contribution is -2.17. The highest BCUT2D eigenvalue weighted by Gasteiger charge is 2.13. The Labute approximate surface area is 187 Å². The maximum Gasteiger partial charge on any atom is 0.271 e. The van der Waals surface area contributed by atoms with E-state index >= 15 is 0 Å². The lowest BCUT2D eigenvalue weighted by Gasteiger charge is -2.15. The van der Waals surface area contributed by atoms with E-state index in [4.69, 9.17) is 14.2 Å². The number of carbonyl (C=O) groups excluding carboxylic acids is 1. The normalized spacial score (nSPS) is 12.4. The Morgan fingerprint density at radius 3 is 2.62 bits per heavy atom. The minimum Gasteiger partial charge on any atom is -0.489 e. The molecule has 1 heterocycles. The maximum absolute atomic E-state index is 12.4. The maximum atomic E-state index is 12.4. The van der Waals surface area contributed by atoms with Gasteiger partial charge in [0.2, 0.25) is 6.79 Å². The van der Waals surface area contributed by atoms with Gasteiger partial charge in [-0.3, -0.25) is 4.79 Å². The Morgan fingerprint density at radius 1 is 1.06 bits per heavy atom. The van der Waals surface area contributed by atoms with Gasteiger partial charge in [0.25, 0.3) is 5.91 Å². The number of ether oxygens (including phenoxy) is 3. The van der Waals surface area contributed by atoms with Gasteiger partial charge >= 0.3 is 0 Å². The highest BCUT2D eigenvalue weighted by atomic mass is 16.7. The minimum atomic E-state index is -0.282. The van der Waals surface area contributed by atoms with Gasteiger partial charge in [0.1, 0.15) is 12.4 Å². The summed E-state index contributed by atoms with van der Waals surface area (Å²) in [6.07, 6.45) is 1.57. The number of rotatable bonds is 7.